The summed E-state index contributed by atoms with van der Waals surface area (Å²) in [4.78, 5) is 22.4. The second kappa shape index (κ2) is 5.24. The minimum atomic E-state index is -1.06. The number of nitrogens with one attached hydrogen (secondary N) is 1. The summed E-state index contributed by atoms with van der Waals surface area (Å²) in [5, 5.41) is 2.54. The first-order valence-corrected chi connectivity index (χ1v) is 6.61. The molecular formula is C13H20FNO3. The van der Waals surface area contributed by atoms with Crippen molar-refractivity contribution in [3.8, 4) is 0 Å². The van der Waals surface area contributed by atoms with E-state index in [0.717, 1.165) is 12.8 Å². The van der Waals surface area contributed by atoms with Crippen LogP contribution in [0.5, 0.6) is 0 Å². The Kier molecular flexibility index (Phi) is 3.88. The molecule has 2 aliphatic carbocycles. The number of alkyl carbamates (subject to hydrolysis) is 1. The van der Waals surface area contributed by atoms with E-state index in [0.29, 0.717) is 32.3 Å². The highest BCUT2D eigenvalue weighted by Crippen LogP contribution is 2.34. The van der Waals surface area contributed by atoms with Gasteiger partial charge in [0.05, 0.1) is 12.6 Å². The van der Waals surface area contributed by atoms with Gasteiger partial charge >= 0.3 is 6.09 Å². The van der Waals surface area contributed by atoms with Crippen LogP contribution in [0.4, 0.5) is 9.18 Å². The Bertz CT molecular complexity index is 333. The molecule has 0 aliphatic heterocycles. The van der Waals surface area contributed by atoms with Crippen molar-refractivity contribution in [2.24, 2.45) is 5.92 Å². The third-order valence-corrected chi connectivity index (χ3v) is 3.96. The number of Topliss-reactive ketones (excluding diaryl/α,β-unsaturated/α-hetero) is 1. The molecular weight excluding hydrogens is 237 g/mol. The van der Waals surface area contributed by atoms with Gasteiger partial charge in [0.1, 0.15) is 5.67 Å². The highest BCUT2D eigenvalue weighted by atomic mass is 19.1. The van der Waals surface area contributed by atoms with Gasteiger partial charge in [-0.1, -0.05) is 0 Å². The van der Waals surface area contributed by atoms with Crippen molar-refractivity contribution in [3.05, 3.63) is 0 Å². The first-order valence-electron chi connectivity index (χ1n) is 6.61. The van der Waals surface area contributed by atoms with Crippen molar-refractivity contribution in [2.45, 2.75) is 57.2 Å². The van der Waals surface area contributed by atoms with Gasteiger partial charge in [-0.25, -0.2) is 9.18 Å². The summed E-state index contributed by atoms with van der Waals surface area (Å²) < 4.78 is 18.6. The van der Waals surface area contributed by atoms with Crippen molar-refractivity contribution < 1.29 is 18.7 Å². The minimum absolute atomic E-state index is 0.0674. The van der Waals surface area contributed by atoms with Crippen molar-refractivity contribution in [2.75, 3.05) is 6.61 Å². The fraction of sp³-hybridized carbons (Fsp3) is 0.846. The van der Waals surface area contributed by atoms with Gasteiger partial charge in [0.2, 0.25) is 0 Å². The molecule has 1 atom stereocenters. The van der Waals surface area contributed by atoms with Crippen molar-refractivity contribution in [1.29, 1.82) is 0 Å². The van der Waals surface area contributed by atoms with Gasteiger partial charge < -0.3 is 10.1 Å². The maximum absolute atomic E-state index is 13.6. The van der Waals surface area contributed by atoms with E-state index in [1.165, 1.54) is 0 Å². The Labute approximate surface area is 106 Å². The largest absolute Gasteiger partial charge is 0.449 e. The zero-order chi connectivity index (χ0) is 13.2. The van der Waals surface area contributed by atoms with E-state index >= 15 is 0 Å². The molecule has 0 aromatic rings. The van der Waals surface area contributed by atoms with Gasteiger partial charge in [-0.15, -0.1) is 0 Å². The molecule has 1 amide bonds. The molecule has 0 bridgehead atoms. The number of ether oxygens (including phenoxy) is 1. The van der Waals surface area contributed by atoms with Crippen molar-refractivity contribution in [3.63, 3.8) is 0 Å². The molecule has 0 aromatic heterocycles. The monoisotopic (exact) mass is 257 g/mol. The fourth-order valence-corrected chi connectivity index (χ4v) is 2.38. The number of carbonyl (C=O) groups excluding carboxylic acids is 2. The van der Waals surface area contributed by atoms with E-state index in [9.17, 15) is 14.0 Å². The van der Waals surface area contributed by atoms with Crippen LogP contribution in [0.2, 0.25) is 0 Å². The molecule has 2 fully saturated rings. The number of alkyl halides is 1. The predicted octanol–water partition coefficient (Wildman–Crippen LogP) is 2.36. The zero-order valence-corrected chi connectivity index (χ0v) is 10.7. The Morgan fingerprint density at radius 2 is 2.11 bits per heavy atom. The highest BCUT2D eigenvalue weighted by Gasteiger charge is 2.32. The summed E-state index contributed by atoms with van der Waals surface area (Å²) in [5.41, 5.74) is -1.06. The van der Waals surface area contributed by atoms with E-state index < -0.39 is 11.8 Å². The van der Waals surface area contributed by atoms with E-state index in [2.05, 4.69) is 5.32 Å². The maximum Gasteiger partial charge on any atom is 0.407 e. The first kappa shape index (κ1) is 13.3. The summed E-state index contributed by atoms with van der Waals surface area (Å²) >= 11 is 0. The molecule has 2 aliphatic rings. The van der Waals surface area contributed by atoms with Crippen LogP contribution < -0.4 is 5.32 Å². The molecule has 5 heteroatoms. The zero-order valence-electron chi connectivity index (χ0n) is 10.7. The number of carbonyl (C=O) groups is 2. The summed E-state index contributed by atoms with van der Waals surface area (Å²) in [6, 6.07) is -0.349. The van der Waals surface area contributed by atoms with E-state index in [1.807, 2.05) is 0 Å². The van der Waals surface area contributed by atoms with Crippen molar-refractivity contribution in [1.82, 2.24) is 5.32 Å². The molecule has 0 aromatic carbocycles. The standard InChI is InChI=1S/C13H20FNO3/c1-13(14)6-4-9(5-7-13)8-18-12(17)15-10-2-3-11(10)16/h9-10H,2-8H2,1H3,(H,15,17)/t9?,10-,13?/m0/s1. The number of halogens is 1. The van der Waals surface area contributed by atoms with Crippen LogP contribution in [0.25, 0.3) is 0 Å². The number of ketones is 1. The van der Waals surface area contributed by atoms with Crippen LogP contribution in [0, 0.1) is 5.92 Å². The Hall–Kier alpha value is -1.13. The van der Waals surface area contributed by atoms with Gasteiger partial charge in [0.25, 0.3) is 0 Å². The Morgan fingerprint density at radius 1 is 1.44 bits per heavy atom. The SMILES string of the molecule is CC1(F)CCC(COC(=O)N[C@H]2CCC2=O)CC1. The Balaban J connectivity index is 1.63. The quantitative estimate of drug-likeness (QED) is 0.844. The van der Waals surface area contributed by atoms with Crippen LogP contribution in [0.1, 0.15) is 45.4 Å². The summed E-state index contributed by atoms with van der Waals surface area (Å²) in [5.74, 6) is 0.314. The lowest BCUT2D eigenvalue weighted by molar-refractivity contribution is -0.126. The normalized spacial score (nSPS) is 35.8. The number of hydrogen-bond acceptors (Lipinski definition) is 3. The summed E-state index contributed by atoms with van der Waals surface area (Å²) in [6.07, 6.45) is 3.29. The highest BCUT2D eigenvalue weighted by molar-refractivity contribution is 5.92. The molecule has 0 radical (unpaired) electrons. The molecule has 1 N–H and O–H groups in total. The van der Waals surface area contributed by atoms with Gasteiger partial charge in [-0.3, -0.25) is 4.79 Å². The summed E-state index contributed by atoms with van der Waals surface area (Å²) in [7, 11) is 0. The second-order valence-corrected chi connectivity index (χ2v) is 5.66. The third kappa shape index (κ3) is 3.43. The molecule has 2 saturated carbocycles. The van der Waals surface area contributed by atoms with Gasteiger partial charge in [0, 0.05) is 6.42 Å². The third-order valence-electron chi connectivity index (χ3n) is 3.96. The van der Waals surface area contributed by atoms with Crippen LogP contribution in [-0.4, -0.2) is 30.2 Å². The van der Waals surface area contributed by atoms with Crippen LogP contribution >= 0.6 is 0 Å². The molecule has 4 nitrogen and oxygen atoms in total. The second-order valence-electron chi connectivity index (χ2n) is 5.66. The van der Waals surface area contributed by atoms with Crippen LogP contribution in [0.3, 0.4) is 0 Å². The average molecular weight is 257 g/mol. The molecule has 0 saturated heterocycles. The van der Waals surface area contributed by atoms with Crippen LogP contribution in [0.15, 0.2) is 0 Å². The van der Waals surface area contributed by atoms with Crippen molar-refractivity contribution >= 4 is 11.9 Å². The molecule has 102 valence electrons. The minimum Gasteiger partial charge on any atom is -0.449 e. The van der Waals surface area contributed by atoms with E-state index in [-0.39, 0.29) is 17.7 Å². The van der Waals surface area contributed by atoms with E-state index in [4.69, 9.17) is 4.74 Å². The smallest absolute Gasteiger partial charge is 0.407 e. The van der Waals surface area contributed by atoms with Gasteiger partial charge in [-0.2, -0.15) is 0 Å². The lowest BCUT2D eigenvalue weighted by Crippen LogP contribution is -2.47. The van der Waals surface area contributed by atoms with E-state index in [1.54, 1.807) is 6.92 Å². The fourth-order valence-electron chi connectivity index (χ4n) is 2.38. The lowest BCUT2D eigenvalue weighted by Gasteiger charge is -2.31. The first-order chi connectivity index (χ1) is 8.46. The number of rotatable bonds is 3. The molecule has 18 heavy (non-hydrogen) atoms. The molecule has 0 unspecified atom stereocenters. The topological polar surface area (TPSA) is 55.4 Å². The molecule has 2 rings (SSSR count). The predicted molar refractivity (Wildman–Crippen MR) is 64.0 cm³/mol. The molecule has 0 spiro atoms. The number of hydrogen-bond donors (Lipinski definition) is 1. The average Bonchev–Trinajstić information content (AvgIpc) is 2.33. The Morgan fingerprint density at radius 3 is 2.61 bits per heavy atom. The number of amides is 1. The van der Waals surface area contributed by atoms with Crippen LogP contribution in [-0.2, 0) is 9.53 Å². The summed E-state index contributed by atoms with van der Waals surface area (Å²) in [6.45, 7) is 1.95. The maximum atomic E-state index is 13.6. The van der Waals surface area contributed by atoms with Gasteiger partial charge in [0.15, 0.2) is 5.78 Å². The lowest BCUT2D eigenvalue weighted by atomic mass is 9.81. The van der Waals surface area contributed by atoms with Gasteiger partial charge in [-0.05, 0) is 44.9 Å². The molecule has 0 heterocycles.